The van der Waals surface area contributed by atoms with Gasteiger partial charge in [-0.05, 0) is 52.2 Å². The molecule has 1 aliphatic heterocycles. The minimum Gasteiger partial charge on any atom is -0.497 e. The lowest BCUT2D eigenvalue weighted by Crippen LogP contribution is -2.31. The van der Waals surface area contributed by atoms with Crippen molar-refractivity contribution in [1.29, 1.82) is 0 Å². The summed E-state index contributed by atoms with van der Waals surface area (Å²) < 4.78 is 34.1. The number of carbonyl (C=O) groups is 2. The first-order valence-electron chi connectivity index (χ1n) is 12.3. The number of nitrogens with two attached hydrogens (primary N) is 1. The monoisotopic (exact) mass is 611 g/mol. The first-order valence-corrected chi connectivity index (χ1v) is 14.6. The second kappa shape index (κ2) is 11.5. The second-order valence-electron chi connectivity index (χ2n) is 9.22. The lowest BCUT2D eigenvalue weighted by Gasteiger charge is -2.22. The molecule has 0 saturated carbocycles. The van der Waals surface area contributed by atoms with Gasteiger partial charge in [0.15, 0.2) is 6.61 Å². The molecule has 9 nitrogen and oxygen atoms in total. The van der Waals surface area contributed by atoms with E-state index >= 15 is 0 Å². The fourth-order valence-electron chi connectivity index (χ4n) is 4.54. The Bertz CT molecular complexity index is 1810. The van der Waals surface area contributed by atoms with E-state index in [-0.39, 0.29) is 15.6 Å². The second-order valence-corrected chi connectivity index (χ2v) is 11.6. The number of methoxy groups -OCH3 is 1. The summed E-state index contributed by atoms with van der Waals surface area (Å²) in [6.45, 7) is -0.677. The Kier molecular flexibility index (Phi) is 8.01. The lowest BCUT2D eigenvalue weighted by atomic mass is 9.97. The Hall–Kier alpha value is -3.96. The topological polar surface area (TPSA) is 128 Å². The van der Waals surface area contributed by atoms with Gasteiger partial charge in [-0.2, -0.15) is 5.10 Å². The molecule has 41 heavy (non-hydrogen) atoms. The first-order chi connectivity index (χ1) is 19.5. The molecule has 1 amide bonds. The Balaban J connectivity index is 1.42. The highest BCUT2D eigenvalue weighted by Gasteiger charge is 2.34. The van der Waals surface area contributed by atoms with Gasteiger partial charge in [0, 0.05) is 6.42 Å². The zero-order chi connectivity index (χ0) is 29.3. The summed E-state index contributed by atoms with van der Waals surface area (Å²) in [6, 6.07) is 22.7. The highest BCUT2D eigenvalue weighted by Crippen LogP contribution is 2.34. The molecule has 0 bridgehead atoms. The molecule has 1 atom stereocenters. The van der Waals surface area contributed by atoms with E-state index in [0.29, 0.717) is 17.9 Å². The summed E-state index contributed by atoms with van der Waals surface area (Å²) in [4.78, 5) is 25.7. The number of rotatable bonds is 7. The average molecular weight is 612 g/mol. The molecule has 0 spiro atoms. The van der Waals surface area contributed by atoms with Crippen molar-refractivity contribution < 1.29 is 27.5 Å². The Morgan fingerprint density at radius 3 is 2.37 bits per heavy atom. The number of nitrogens with zero attached hydrogens (tertiary/aromatic N) is 2. The predicted octanol–water partition coefficient (Wildman–Crippen LogP) is 5.34. The highest BCUT2D eigenvalue weighted by molar-refractivity contribution is 7.89. The number of hydrazone groups is 1. The number of hydrogen-bond acceptors (Lipinski definition) is 7. The van der Waals surface area contributed by atoms with Crippen LogP contribution in [0.25, 0.3) is 10.8 Å². The van der Waals surface area contributed by atoms with Crippen LogP contribution < -0.4 is 9.88 Å². The van der Waals surface area contributed by atoms with E-state index in [1.54, 1.807) is 19.2 Å². The summed E-state index contributed by atoms with van der Waals surface area (Å²) in [7, 11) is -2.68. The number of ether oxygens (including phenoxy) is 2. The molecular formula is C29H23Cl2N3O6S. The van der Waals surface area contributed by atoms with E-state index in [4.69, 9.17) is 37.8 Å². The van der Waals surface area contributed by atoms with Crippen LogP contribution in [0.2, 0.25) is 10.0 Å². The summed E-state index contributed by atoms with van der Waals surface area (Å²) in [5.41, 5.74) is 2.05. The van der Waals surface area contributed by atoms with Crippen LogP contribution in [-0.4, -0.2) is 44.7 Å². The summed E-state index contributed by atoms with van der Waals surface area (Å²) in [5, 5.41) is 12.8. The third-order valence-electron chi connectivity index (χ3n) is 6.62. The van der Waals surface area contributed by atoms with E-state index < -0.39 is 39.4 Å². The molecule has 0 radical (unpaired) electrons. The maximum absolute atomic E-state index is 13.4. The Labute approximate surface area is 246 Å². The number of sulfonamides is 1. The van der Waals surface area contributed by atoms with Gasteiger partial charge in [0.25, 0.3) is 5.91 Å². The summed E-state index contributed by atoms with van der Waals surface area (Å²) >= 11 is 12.0. The smallest absolute Gasteiger partial charge is 0.340 e. The largest absolute Gasteiger partial charge is 0.497 e. The molecule has 0 fully saturated rings. The van der Waals surface area contributed by atoms with Crippen LogP contribution in [0.1, 0.15) is 33.9 Å². The van der Waals surface area contributed by atoms with Crippen molar-refractivity contribution in [2.75, 3.05) is 13.7 Å². The Morgan fingerprint density at radius 2 is 1.68 bits per heavy atom. The molecule has 0 aliphatic carbocycles. The van der Waals surface area contributed by atoms with Crippen molar-refractivity contribution in [1.82, 2.24) is 5.01 Å². The summed E-state index contributed by atoms with van der Waals surface area (Å²) in [5.74, 6) is -0.955. The molecule has 0 saturated heterocycles. The minimum atomic E-state index is -4.24. The Morgan fingerprint density at radius 1 is 0.976 bits per heavy atom. The standard InChI is InChI=1S/C29H23Cl2N3O6S/c1-39-21-10-8-18(9-11-21)26-15-25(20-7-6-17-4-2-3-5-19(17)12-20)33-34(26)28(35)16-40-29(36)22-13-27(41(32,37)38)24(31)14-23(22)30/h2-14,26H,15-16H2,1H3,(H2,32,37,38). The van der Waals surface area contributed by atoms with Gasteiger partial charge >= 0.3 is 5.97 Å². The van der Waals surface area contributed by atoms with Crippen molar-refractivity contribution in [3.05, 3.63) is 106 Å². The maximum Gasteiger partial charge on any atom is 0.340 e. The zero-order valence-electron chi connectivity index (χ0n) is 21.6. The van der Waals surface area contributed by atoms with Gasteiger partial charge in [0.2, 0.25) is 10.0 Å². The quantitative estimate of drug-likeness (QED) is 0.281. The maximum atomic E-state index is 13.4. The lowest BCUT2D eigenvalue weighted by molar-refractivity contribution is -0.136. The highest BCUT2D eigenvalue weighted by atomic mass is 35.5. The number of halogens is 2. The number of benzene rings is 4. The normalized spacial score (nSPS) is 15.1. The van der Waals surface area contributed by atoms with Gasteiger partial charge < -0.3 is 9.47 Å². The molecule has 210 valence electrons. The van der Waals surface area contributed by atoms with Crippen LogP contribution in [0.4, 0.5) is 0 Å². The summed E-state index contributed by atoms with van der Waals surface area (Å²) in [6.07, 6.45) is 0.422. The average Bonchev–Trinajstić information content (AvgIpc) is 3.40. The van der Waals surface area contributed by atoms with E-state index in [1.165, 1.54) is 5.01 Å². The van der Waals surface area contributed by atoms with Gasteiger partial charge in [0.05, 0.1) is 34.5 Å². The third-order valence-corrected chi connectivity index (χ3v) is 8.31. The van der Waals surface area contributed by atoms with Crippen LogP contribution in [-0.2, 0) is 19.6 Å². The number of carbonyl (C=O) groups excluding carboxylic acids is 2. The van der Waals surface area contributed by atoms with Crippen LogP contribution in [0, 0.1) is 0 Å². The van der Waals surface area contributed by atoms with Gasteiger partial charge in [-0.1, -0.05) is 71.7 Å². The van der Waals surface area contributed by atoms with Crippen molar-refractivity contribution >= 4 is 61.6 Å². The molecule has 2 N–H and O–H groups in total. The first kappa shape index (κ1) is 28.6. The van der Waals surface area contributed by atoms with E-state index in [2.05, 4.69) is 5.10 Å². The number of primary sulfonamides is 1. The molecule has 0 aromatic heterocycles. The predicted molar refractivity (Wildman–Crippen MR) is 156 cm³/mol. The van der Waals surface area contributed by atoms with E-state index in [0.717, 1.165) is 34.0 Å². The van der Waals surface area contributed by atoms with Gasteiger partial charge in [-0.25, -0.2) is 23.4 Å². The third kappa shape index (κ3) is 6.06. The molecule has 4 aromatic carbocycles. The molecule has 1 heterocycles. The number of hydrogen-bond donors (Lipinski definition) is 1. The number of amides is 1. The molecular weight excluding hydrogens is 589 g/mol. The zero-order valence-corrected chi connectivity index (χ0v) is 23.9. The van der Waals surface area contributed by atoms with Gasteiger partial charge in [0.1, 0.15) is 10.6 Å². The molecule has 4 aromatic rings. The fourth-order valence-corrected chi connectivity index (χ4v) is 5.94. The van der Waals surface area contributed by atoms with Crippen LogP contribution >= 0.6 is 23.2 Å². The minimum absolute atomic E-state index is 0.159. The molecule has 12 heteroatoms. The van der Waals surface area contributed by atoms with Crippen molar-refractivity contribution in [2.24, 2.45) is 10.2 Å². The van der Waals surface area contributed by atoms with Gasteiger partial charge in [-0.3, -0.25) is 4.79 Å². The fraction of sp³-hybridized carbons (Fsp3) is 0.138. The molecule has 1 unspecified atom stereocenters. The SMILES string of the molecule is COc1ccc(C2CC(c3ccc4ccccc4c3)=NN2C(=O)COC(=O)c2cc(S(N)(=O)=O)c(Cl)cc2Cl)cc1. The van der Waals surface area contributed by atoms with E-state index in [1.807, 2.05) is 54.6 Å². The van der Waals surface area contributed by atoms with Crippen LogP contribution in [0.15, 0.2) is 88.9 Å². The van der Waals surface area contributed by atoms with Crippen molar-refractivity contribution in [3.63, 3.8) is 0 Å². The molecule has 5 rings (SSSR count). The van der Waals surface area contributed by atoms with Crippen LogP contribution in [0.5, 0.6) is 5.75 Å². The van der Waals surface area contributed by atoms with Crippen LogP contribution in [0.3, 0.4) is 0 Å². The van der Waals surface area contributed by atoms with Gasteiger partial charge in [-0.15, -0.1) is 0 Å². The van der Waals surface area contributed by atoms with E-state index in [9.17, 15) is 18.0 Å². The molecule has 1 aliphatic rings. The van der Waals surface area contributed by atoms with Crippen molar-refractivity contribution in [2.45, 2.75) is 17.4 Å². The van der Waals surface area contributed by atoms with Crippen molar-refractivity contribution in [3.8, 4) is 5.75 Å². The number of esters is 1. The number of fused-ring (bicyclic) bond motifs is 1.